The van der Waals surface area contributed by atoms with Gasteiger partial charge in [0.05, 0.1) is 5.39 Å². The third-order valence-electron chi connectivity index (χ3n) is 4.16. The third-order valence-corrected chi connectivity index (χ3v) is 4.16. The van der Waals surface area contributed by atoms with Gasteiger partial charge in [0.2, 0.25) is 0 Å². The quantitative estimate of drug-likeness (QED) is 0.505. The highest BCUT2D eigenvalue weighted by Gasteiger charge is 2.21. The van der Waals surface area contributed by atoms with Gasteiger partial charge in [0.15, 0.2) is 16.9 Å². The molecular formula is C17H9N7O. The molecule has 0 atom stereocenters. The summed E-state index contributed by atoms with van der Waals surface area (Å²) in [6.07, 6.45) is 4.85. The highest BCUT2D eigenvalue weighted by Crippen LogP contribution is 2.34. The number of benzene rings is 1. The van der Waals surface area contributed by atoms with Crippen molar-refractivity contribution in [2.75, 3.05) is 0 Å². The predicted octanol–water partition coefficient (Wildman–Crippen LogP) is 1.76. The zero-order valence-corrected chi connectivity index (χ0v) is 12.7. The van der Waals surface area contributed by atoms with E-state index in [4.69, 9.17) is 0 Å². The van der Waals surface area contributed by atoms with E-state index in [9.17, 15) is 10.1 Å². The maximum absolute atomic E-state index is 11.7. The molecular weight excluding hydrogens is 318 g/mol. The average Bonchev–Trinajstić information content (AvgIpc) is 3.26. The molecule has 1 aromatic carbocycles. The van der Waals surface area contributed by atoms with Gasteiger partial charge in [0.1, 0.15) is 18.0 Å². The number of hydrogen-bond donors (Lipinski definition) is 1. The van der Waals surface area contributed by atoms with Gasteiger partial charge < -0.3 is 0 Å². The number of nitriles is 1. The maximum Gasteiger partial charge on any atom is 0.362 e. The minimum Gasteiger partial charge on any atom is -0.283 e. The van der Waals surface area contributed by atoms with Gasteiger partial charge in [-0.1, -0.05) is 30.3 Å². The van der Waals surface area contributed by atoms with Gasteiger partial charge in [0.25, 0.3) is 0 Å². The van der Waals surface area contributed by atoms with E-state index in [0.29, 0.717) is 33.5 Å². The van der Waals surface area contributed by atoms with Crippen LogP contribution in [0, 0.1) is 11.3 Å². The Kier molecular flexibility index (Phi) is 2.56. The average molecular weight is 327 g/mol. The Morgan fingerprint density at radius 1 is 1.08 bits per heavy atom. The van der Waals surface area contributed by atoms with E-state index in [1.165, 1.54) is 10.8 Å². The van der Waals surface area contributed by atoms with Crippen molar-refractivity contribution in [1.82, 2.24) is 29.0 Å². The Morgan fingerprint density at radius 2 is 1.92 bits per heavy atom. The number of imidazole rings is 1. The fourth-order valence-corrected chi connectivity index (χ4v) is 3.17. The van der Waals surface area contributed by atoms with E-state index >= 15 is 0 Å². The van der Waals surface area contributed by atoms with Crippen molar-refractivity contribution >= 4 is 22.3 Å². The van der Waals surface area contributed by atoms with Crippen molar-refractivity contribution in [2.45, 2.75) is 0 Å². The van der Waals surface area contributed by atoms with Crippen molar-refractivity contribution in [3.63, 3.8) is 0 Å². The highest BCUT2D eigenvalue weighted by molar-refractivity contribution is 6.06. The summed E-state index contributed by atoms with van der Waals surface area (Å²) < 4.78 is 3.19. The number of nitrogens with one attached hydrogen (secondary N) is 1. The lowest BCUT2D eigenvalue weighted by atomic mass is 9.98. The molecule has 0 aliphatic heterocycles. The first-order valence-corrected chi connectivity index (χ1v) is 7.49. The van der Waals surface area contributed by atoms with Crippen LogP contribution < -0.4 is 5.69 Å². The van der Waals surface area contributed by atoms with Crippen LogP contribution in [-0.2, 0) is 0 Å². The van der Waals surface area contributed by atoms with Gasteiger partial charge in [-0.05, 0) is 5.56 Å². The Labute approximate surface area is 139 Å². The van der Waals surface area contributed by atoms with Gasteiger partial charge >= 0.3 is 5.69 Å². The maximum atomic E-state index is 11.7. The van der Waals surface area contributed by atoms with Crippen LogP contribution in [0.5, 0.6) is 0 Å². The van der Waals surface area contributed by atoms with Gasteiger partial charge in [-0.25, -0.2) is 24.4 Å². The second-order valence-electron chi connectivity index (χ2n) is 5.51. The molecule has 0 saturated carbocycles. The number of H-pyrrole nitrogens is 1. The molecule has 0 aliphatic rings. The SMILES string of the molecule is N#Cc1c(-c2ccccc2)c2c3nc(=O)[nH]n3cnc2n2ccnc12. The molecule has 0 bridgehead atoms. The lowest BCUT2D eigenvalue weighted by Crippen LogP contribution is -2.02. The van der Waals surface area contributed by atoms with E-state index in [0.717, 1.165) is 5.56 Å². The van der Waals surface area contributed by atoms with Crippen LogP contribution in [0.4, 0.5) is 0 Å². The minimum absolute atomic E-state index is 0.411. The van der Waals surface area contributed by atoms with Crippen molar-refractivity contribution in [2.24, 2.45) is 0 Å². The van der Waals surface area contributed by atoms with Crippen LogP contribution in [0.2, 0.25) is 0 Å². The smallest absolute Gasteiger partial charge is 0.283 e. The second-order valence-corrected chi connectivity index (χ2v) is 5.51. The zero-order valence-electron chi connectivity index (χ0n) is 12.7. The molecule has 8 nitrogen and oxygen atoms in total. The Bertz CT molecular complexity index is 1370. The molecule has 0 saturated heterocycles. The molecule has 1 N–H and O–H groups in total. The first-order valence-electron chi connectivity index (χ1n) is 7.49. The number of aromatic nitrogens is 6. The fraction of sp³-hybridized carbons (Fsp3) is 0. The number of pyridine rings is 1. The first kappa shape index (κ1) is 13.4. The lowest BCUT2D eigenvalue weighted by molar-refractivity contribution is 0.907. The molecule has 5 rings (SSSR count). The van der Waals surface area contributed by atoms with Gasteiger partial charge in [0, 0.05) is 18.0 Å². The molecule has 0 amide bonds. The largest absolute Gasteiger partial charge is 0.362 e. The summed E-state index contributed by atoms with van der Waals surface area (Å²) in [6, 6.07) is 11.7. The summed E-state index contributed by atoms with van der Waals surface area (Å²) in [4.78, 5) is 24.6. The lowest BCUT2D eigenvalue weighted by Gasteiger charge is -2.12. The van der Waals surface area contributed by atoms with Crippen molar-refractivity contribution in [3.8, 4) is 17.2 Å². The molecule has 25 heavy (non-hydrogen) atoms. The highest BCUT2D eigenvalue weighted by atomic mass is 16.1. The predicted molar refractivity (Wildman–Crippen MR) is 90.0 cm³/mol. The Hall–Kier alpha value is -3.99. The number of fused-ring (bicyclic) bond motifs is 5. The third kappa shape index (κ3) is 1.74. The van der Waals surface area contributed by atoms with Gasteiger partial charge in [-0.3, -0.25) is 4.40 Å². The van der Waals surface area contributed by atoms with Crippen molar-refractivity contribution in [3.05, 3.63) is 65.1 Å². The molecule has 5 aromatic rings. The number of aromatic amines is 1. The van der Waals surface area contributed by atoms with Gasteiger partial charge in [-0.2, -0.15) is 10.2 Å². The molecule has 0 unspecified atom stereocenters. The van der Waals surface area contributed by atoms with Crippen LogP contribution in [0.1, 0.15) is 5.56 Å². The molecule has 4 aromatic heterocycles. The molecule has 0 radical (unpaired) electrons. The molecule has 118 valence electrons. The summed E-state index contributed by atoms with van der Waals surface area (Å²) >= 11 is 0. The van der Waals surface area contributed by atoms with E-state index in [-0.39, 0.29) is 0 Å². The summed E-state index contributed by atoms with van der Waals surface area (Å²) in [5, 5.41) is 13.0. The normalized spacial score (nSPS) is 11.3. The summed E-state index contributed by atoms with van der Waals surface area (Å²) in [5.74, 6) is 0. The summed E-state index contributed by atoms with van der Waals surface area (Å²) in [7, 11) is 0. The molecule has 4 heterocycles. The van der Waals surface area contributed by atoms with E-state index in [2.05, 4.69) is 26.1 Å². The van der Waals surface area contributed by atoms with Crippen LogP contribution in [-0.4, -0.2) is 29.0 Å². The monoisotopic (exact) mass is 327 g/mol. The molecule has 0 fully saturated rings. The van der Waals surface area contributed by atoms with Crippen molar-refractivity contribution in [1.29, 1.82) is 5.26 Å². The number of nitrogens with zero attached hydrogens (tertiary/aromatic N) is 6. The van der Waals surface area contributed by atoms with E-state index in [1.54, 1.807) is 16.8 Å². The standard InChI is InChI=1S/C17H9N7O/c18-8-11-12(10-4-2-1-3-5-10)13-15(23-7-6-19-14(11)23)20-9-24-16(13)21-17(25)22-24/h1-7,9H,(H,22,25). The summed E-state index contributed by atoms with van der Waals surface area (Å²) in [6.45, 7) is 0. The zero-order chi connectivity index (χ0) is 17.0. The van der Waals surface area contributed by atoms with Crippen LogP contribution in [0.15, 0.2) is 53.8 Å². The Morgan fingerprint density at radius 3 is 2.72 bits per heavy atom. The minimum atomic E-state index is -0.474. The van der Waals surface area contributed by atoms with Crippen LogP contribution in [0.25, 0.3) is 33.5 Å². The molecule has 0 aliphatic carbocycles. The van der Waals surface area contributed by atoms with E-state index in [1.807, 2.05) is 30.3 Å². The van der Waals surface area contributed by atoms with E-state index < -0.39 is 5.69 Å². The molecule has 8 heteroatoms. The topological polar surface area (TPSA) is 104 Å². The first-order chi connectivity index (χ1) is 12.3. The van der Waals surface area contributed by atoms with Crippen molar-refractivity contribution < 1.29 is 0 Å². The van der Waals surface area contributed by atoms with Crippen LogP contribution >= 0.6 is 0 Å². The second kappa shape index (κ2) is 4.75. The van der Waals surface area contributed by atoms with Gasteiger partial charge in [-0.15, -0.1) is 0 Å². The summed E-state index contributed by atoms with van der Waals surface area (Å²) in [5.41, 5.74) is 2.95. The molecule has 0 spiro atoms. The number of rotatable bonds is 1. The Balaban J connectivity index is 2.16. The number of hydrogen-bond acceptors (Lipinski definition) is 5. The fourth-order valence-electron chi connectivity index (χ4n) is 3.17. The van der Waals surface area contributed by atoms with Crippen LogP contribution in [0.3, 0.4) is 0 Å².